The van der Waals surface area contributed by atoms with E-state index in [0.717, 1.165) is 30.5 Å². The van der Waals surface area contributed by atoms with E-state index in [-0.39, 0.29) is 11.3 Å². The molecule has 0 unspecified atom stereocenters. The van der Waals surface area contributed by atoms with Crippen LogP contribution in [0.5, 0.6) is 5.75 Å². The molecule has 0 bridgehead atoms. The van der Waals surface area contributed by atoms with E-state index < -0.39 is 11.7 Å². The van der Waals surface area contributed by atoms with Crippen LogP contribution in [0.15, 0.2) is 18.2 Å². The van der Waals surface area contributed by atoms with E-state index in [1.807, 2.05) is 0 Å². The maximum absolute atomic E-state index is 12.5. The van der Waals surface area contributed by atoms with Gasteiger partial charge in [-0.15, -0.1) is 0 Å². The van der Waals surface area contributed by atoms with Crippen LogP contribution in [0.2, 0.25) is 0 Å². The average Bonchev–Trinajstić information content (AvgIpc) is 2.95. The van der Waals surface area contributed by atoms with Gasteiger partial charge in [-0.25, -0.2) is 0 Å². The molecule has 1 aliphatic rings. The van der Waals surface area contributed by atoms with Crippen molar-refractivity contribution in [3.05, 3.63) is 29.3 Å². The number of hydrogen-bond donors (Lipinski definition) is 1. The fraction of sp³-hybridized carbons (Fsp3) is 0.500. The van der Waals surface area contributed by atoms with Crippen molar-refractivity contribution in [1.82, 2.24) is 0 Å². The Morgan fingerprint density at radius 2 is 2.00 bits per heavy atom. The molecule has 0 heterocycles. The molecule has 1 aromatic carbocycles. The number of rotatable bonds is 3. The zero-order valence-corrected chi connectivity index (χ0v) is 9.47. The summed E-state index contributed by atoms with van der Waals surface area (Å²) in [5.74, 6) is 0.261. The van der Waals surface area contributed by atoms with E-state index in [1.165, 1.54) is 13.2 Å². The number of alkyl halides is 3. The van der Waals surface area contributed by atoms with E-state index in [4.69, 9.17) is 10.5 Å². The van der Waals surface area contributed by atoms with Gasteiger partial charge in [0.05, 0.1) is 12.7 Å². The fourth-order valence-electron chi connectivity index (χ4n) is 1.78. The highest BCUT2D eigenvalue weighted by atomic mass is 19.4. The molecule has 5 heteroatoms. The van der Waals surface area contributed by atoms with Crippen molar-refractivity contribution >= 4 is 0 Å². The largest absolute Gasteiger partial charge is 0.496 e. The van der Waals surface area contributed by atoms with Gasteiger partial charge in [-0.1, -0.05) is 6.07 Å². The first-order chi connectivity index (χ1) is 7.84. The lowest BCUT2D eigenvalue weighted by molar-refractivity contribution is -0.137. The maximum atomic E-state index is 12.5. The van der Waals surface area contributed by atoms with Crippen LogP contribution in [-0.4, -0.2) is 12.6 Å². The zero-order chi connectivity index (χ0) is 12.7. The monoisotopic (exact) mass is 245 g/mol. The molecule has 1 fully saturated rings. The lowest BCUT2D eigenvalue weighted by atomic mass is 10.0. The fourth-order valence-corrected chi connectivity index (χ4v) is 1.78. The highest BCUT2D eigenvalue weighted by molar-refractivity contribution is 5.40. The molecule has 1 aromatic rings. The quantitative estimate of drug-likeness (QED) is 0.888. The molecule has 94 valence electrons. The minimum atomic E-state index is -4.34. The molecule has 2 rings (SSSR count). The number of hydrogen-bond acceptors (Lipinski definition) is 2. The van der Waals surface area contributed by atoms with E-state index in [1.54, 1.807) is 0 Å². The van der Waals surface area contributed by atoms with E-state index in [0.29, 0.717) is 6.42 Å². The van der Waals surface area contributed by atoms with E-state index in [2.05, 4.69) is 0 Å². The van der Waals surface area contributed by atoms with Crippen LogP contribution in [0.3, 0.4) is 0 Å². The molecule has 1 aliphatic carbocycles. The van der Waals surface area contributed by atoms with Gasteiger partial charge in [0.15, 0.2) is 0 Å². The van der Waals surface area contributed by atoms with Crippen molar-refractivity contribution in [3.63, 3.8) is 0 Å². The van der Waals surface area contributed by atoms with Gasteiger partial charge in [-0.05, 0) is 37.0 Å². The minimum absolute atomic E-state index is 0.243. The highest BCUT2D eigenvalue weighted by Gasteiger charge is 2.39. The summed E-state index contributed by atoms with van der Waals surface area (Å²) in [6.45, 7) is 0. The number of benzene rings is 1. The zero-order valence-electron chi connectivity index (χ0n) is 9.47. The van der Waals surface area contributed by atoms with Crippen LogP contribution in [0.25, 0.3) is 0 Å². The minimum Gasteiger partial charge on any atom is -0.496 e. The molecule has 0 aromatic heterocycles. The van der Waals surface area contributed by atoms with Crippen molar-refractivity contribution in [2.75, 3.05) is 7.11 Å². The molecule has 2 nitrogen and oxygen atoms in total. The van der Waals surface area contributed by atoms with Crippen molar-refractivity contribution in [2.24, 2.45) is 5.73 Å². The third-order valence-electron chi connectivity index (χ3n) is 3.05. The third-order valence-corrected chi connectivity index (χ3v) is 3.05. The average molecular weight is 245 g/mol. The van der Waals surface area contributed by atoms with E-state index >= 15 is 0 Å². The van der Waals surface area contributed by atoms with Gasteiger partial charge in [-0.3, -0.25) is 0 Å². The number of nitrogens with two attached hydrogens (primary N) is 1. The summed E-state index contributed by atoms with van der Waals surface area (Å²) in [4.78, 5) is 0. The van der Waals surface area contributed by atoms with Crippen LogP contribution in [0, 0.1) is 0 Å². The van der Waals surface area contributed by atoms with Crippen LogP contribution in [-0.2, 0) is 12.6 Å². The lowest BCUT2D eigenvalue weighted by Gasteiger charge is -2.15. The van der Waals surface area contributed by atoms with Crippen molar-refractivity contribution in [3.8, 4) is 5.75 Å². The Morgan fingerprint density at radius 1 is 1.35 bits per heavy atom. The van der Waals surface area contributed by atoms with Crippen LogP contribution >= 0.6 is 0 Å². The molecule has 0 aliphatic heterocycles. The SMILES string of the molecule is COc1cc(C(F)(F)F)ccc1CC1(N)CC1. The van der Waals surface area contributed by atoms with Gasteiger partial charge in [-0.2, -0.15) is 13.2 Å². The summed E-state index contributed by atoms with van der Waals surface area (Å²) in [5.41, 5.74) is 5.75. The Morgan fingerprint density at radius 3 is 2.47 bits per heavy atom. The topological polar surface area (TPSA) is 35.2 Å². The van der Waals surface area contributed by atoms with Crippen LogP contribution in [0.1, 0.15) is 24.0 Å². The van der Waals surface area contributed by atoms with Crippen LogP contribution < -0.4 is 10.5 Å². The lowest BCUT2D eigenvalue weighted by Crippen LogP contribution is -2.24. The highest BCUT2D eigenvalue weighted by Crippen LogP contribution is 2.39. The van der Waals surface area contributed by atoms with Gasteiger partial charge in [0.1, 0.15) is 5.75 Å². The van der Waals surface area contributed by atoms with Gasteiger partial charge in [0, 0.05) is 5.54 Å². The summed E-state index contributed by atoms with van der Waals surface area (Å²) in [7, 11) is 1.37. The molecule has 1 saturated carbocycles. The first-order valence-corrected chi connectivity index (χ1v) is 5.37. The Kier molecular flexibility index (Phi) is 2.81. The molecular weight excluding hydrogens is 231 g/mol. The smallest absolute Gasteiger partial charge is 0.416 e. The van der Waals surface area contributed by atoms with Crippen molar-refractivity contribution in [1.29, 1.82) is 0 Å². The predicted octanol–water partition coefficient (Wildman–Crippen LogP) is 2.75. The van der Waals surface area contributed by atoms with Crippen molar-refractivity contribution < 1.29 is 17.9 Å². The molecular formula is C12H14F3NO. The summed E-state index contributed by atoms with van der Waals surface area (Å²) in [6.07, 6.45) is -1.95. The predicted molar refractivity (Wildman–Crippen MR) is 57.9 cm³/mol. The third kappa shape index (κ3) is 2.72. The second-order valence-electron chi connectivity index (χ2n) is 4.56. The number of methoxy groups -OCH3 is 1. The van der Waals surface area contributed by atoms with E-state index in [9.17, 15) is 13.2 Å². The summed E-state index contributed by atoms with van der Waals surface area (Å²) in [6, 6.07) is 3.55. The molecule has 0 spiro atoms. The molecule has 2 N–H and O–H groups in total. The number of halogens is 3. The Bertz CT molecular complexity index is 424. The molecule has 0 amide bonds. The first-order valence-electron chi connectivity index (χ1n) is 5.37. The maximum Gasteiger partial charge on any atom is 0.416 e. The Balaban J connectivity index is 2.28. The normalized spacial score (nSPS) is 17.9. The summed E-state index contributed by atoms with van der Waals surface area (Å²) < 4.78 is 42.5. The van der Waals surface area contributed by atoms with Crippen LogP contribution in [0.4, 0.5) is 13.2 Å². The van der Waals surface area contributed by atoms with Gasteiger partial charge < -0.3 is 10.5 Å². The summed E-state index contributed by atoms with van der Waals surface area (Å²) >= 11 is 0. The molecule has 0 atom stereocenters. The van der Waals surface area contributed by atoms with Gasteiger partial charge in [0.2, 0.25) is 0 Å². The van der Waals surface area contributed by atoms with Gasteiger partial charge >= 0.3 is 6.18 Å². The first kappa shape index (κ1) is 12.2. The second kappa shape index (κ2) is 3.91. The second-order valence-corrected chi connectivity index (χ2v) is 4.56. The number of ether oxygens (including phenoxy) is 1. The Hall–Kier alpha value is -1.23. The van der Waals surface area contributed by atoms with Gasteiger partial charge in [0.25, 0.3) is 0 Å². The molecule has 0 saturated heterocycles. The standard InChI is InChI=1S/C12H14F3NO/c1-17-10-6-9(12(13,14)15)3-2-8(10)7-11(16)4-5-11/h2-3,6H,4-5,7,16H2,1H3. The Labute approximate surface area is 97.6 Å². The van der Waals surface area contributed by atoms with Crippen molar-refractivity contribution in [2.45, 2.75) is 31.0 Å². The molecule has 17 heavy (non-hydrogen) atoms. The summed E-state index contributed by atoms with van der Waals surface area (Å²) in [5, 5.41) is 0. The molecule has 0 radical (unpaired) electrons.